The van der Waals surface area contributed by atoms with Crippen molar-refractivity contribution in [2.24, 2.45) is 35.5 Å². The summed E-state index contributed by atoms with van der Waals surface area (Å²) in [6.45, 7) is 7.22. The van der Waals surface area contributed by atoms with Crippen LogP contribution in [0.3, 0.4) is 0 Å². The minimum absolute atomic E-state index is 0.290. The Morgan fingerprint density at radius 2 is 1.59 bits per heavy atom. The molecule has 0 aromatic carbocycles. The highest BCUT2D eigenvalue weighted by atomic mass is 16.6. The van der Waals surface area contributed by atoms with E-state index in [0.29, 0.717) is 29.2 Å². The van der Waals surface area contributed by atoms with Crippen LogP contribution >= 0.6 is 0 Å². The molecule has 2 atom stereocenters. The zero-order valence-electron chi connectivity index (χ0n) is 16.9. The van der Waals surface area contributed by atoms with Crippen molar-refractivity contribution in [2.45, 2.75) is 77.2 Å². The van der Waals surface area contributed by atoms with Crippen molar-refractivity contribution < 1.29 is 19.1 Å². The molecule has 5 rings (SSSR count). The Balaban J connectivity index is 1.55. The minimum Gasteiger partial charge on any atom is -0.456 e. The van der Waals surface area contributed by atoms with Crippen LogP contribution in [0.25, 0.3) is 0 Å². The number of carbonyl (C=O) groups excluding carboxylic acids is 2. The molecule has 4 heteroatoms. The first-order valence-corrected chi connectivity index (χ1v) is 10.9. The van der Waals surface area contributed by atoms with Crippen LogP contribution in [-0.4, -0.2) is 24.1 Å². The van der Waals surface area contributed by atoms with Crippen LogP contribution < -0.4 is 0 Å². The molecule has 0 aromatic heterocycles. The van der Waals surface area contributed by atoms with Gasteiger partial charge in [0, 0.05) is 5.57 Å². The molecule has 0 spiro atoms. The monoisotopic (exact) mass is 374 g/mol. The molecule has 0 heterocycles. The van der Waals surface area contributed by atoms with Gasteiger partial charge in [-0.05, 0) is 87.4 Å². The molecule has 0 amide bonds. The summed E-state index contributed by atoms with van der Waals surface area (Å²) in [5, 5.41) is 0. The van der Waals surface area contributed by atoms with E-state index in [1.165, 1.54) is 57.8 Å². The van der Waals surface area contributed by atoms with Crippen LogP contribution in [0.2, 0.25) is 0 Å². The van der Waals surface area contributed by atoms with Gasteiger partial charge >= 0.3 is 11.9 Å². The van der Waals surface area contributed by atoms with Crippen LogP contribution in [-0.2, 0) is 19.1 Å². The van der Waals surface area contributed by atoms with E-state index >= 15 is 0 Å². The largest absolute Gasteiger partial charge is 0.456 e. The molecular formula is C23H34O4. The molecule has 0 radical (unpaired) electrons. The summed E-state index contributed by atoms with van der Waals surface area (Å²) in [6, 6.07) is 0. The smallest absolute Gasteiger partial charge is 0.344 e. The fourth-order valence-electron chi connectivity index (χ4n) is 7.16. The quantitative estimate of drug-likeness (QED) is 0.518. The van der Waals surface area contributed by atoms with Crippen molar-refractivity contribution in [2.75, 3.05) is 6.61 Å². The number of hydrogen-bond donors (Lipinski definition) is 0. The van der Waals surface area contributed by atoms with E-state index in [0.717, 1.165) is 11.8 Å². The average Bonchev–Trinajstić information content (AvgIpc) is 2.62. The third-order valence-corrected chi connectivity index (χ3v) is 7.95. The number of rotatable bonds is 5. The lowest BCUT2D eigenvalue weighted by atomic mass is 9.46. The van der Waals surface area contributed by atoms with Crippen molar-refractivity contribution in [3.05, 3.63) is 12.2 Å². The Morgan fingerprint density at radius 1 is 0.963 bits per heavy atom. The maximum atomic E-state index is 12.8. The fraction of sp³-hybridized carbons (Fsp3) is 0.826. The van der Waals surface area contributed by atoms with Gasteiger partial charge in [0.15, 0.2) is 6.61 Å². The molecule has 27 heavy (non-hydrogen) atoms. The van der Waals surface area contributed by atoms with E-state index in [1.807, 2.05) is 0 Å². The second kappa shape index (κ2) is 7.25. The van der Waals surface area contributed by atoms with Crippen LogP contribution in [0.1, 0.15) is 71.6 Å². The van der Waals surface area contributed by atoms with E-state index in [4.69, 9.17) is 9.47 Å². The maximum absolute atomic E-state index is 12.8. The van der Waals surface area contributed by atoms with E-state index in [-0.39, 0.29) is 18.2 Å². The van der Waals surface area contributed by atoms with E-state index in [2.05, 4.69) is 13.5 Å². The highest BCUT2D eigenvalue weighted by Crippen LogP contribution is 2.63. The third kappa shape index (κ3) is 3.45. The van der Waals surface area contributed by atoms with Crippen molar-refractivity contribution in [1.29, 1.82) is 0 Å². The van der Waals surface area contributed by atoms with E-state index < -0.39 is 5.97 Å². The number of esters is 2. The lowest BCUT2D eigenvalue weighted by molar-refractivity contribution is -0.236. The van der Waals surface area contributed by atoms with Crippen LogP contribution in [0.4, 0.5) is 0 Å². The molecule has 4 bridgehead atoms. The summed E-state index contributed by atoms with van der Waals surface area (Å²) in [5.41, 5.74) is 0.00249. The minimum atomic E-state index is -0.516. The Kier molecular flexibility index (Phi) is 5.11. The third-order valence-electron chi connectivity index (χ3n) is 7.95. The predicted octanol–water partition coefficient (Wildman–Crippen LogP) is 4.67. The van der Waals surface area contributed by atoms with Gasteiger partial charge in [-0.2, -0.15) is 0 Å². The maximum Gasteiger partial charge on any atom is 0.344 e. The normalized spacial score (nSPS) is 42.6. The summed E-state index contributed by atoms with van der Waals surface area (Å²) >= 11 is 0. The highest BCUT2D eigenvalue weighted by Gasteiger charge is 2.62. The Morgan fingerprint density at radius 3 is 2.15 bits per heavy atom. The summed E-state index contributed by atoms with van der Waals surface area (Å²) < 4.78 is 11.5. The molecule has 150 valence electrons. The second-order valence-corrected chi connectivity index (χ2v) is 9.96. The molecule has 5 aliphatic carbocycles. The Bertz CT molecular complexity index is 594. The predicted molar refractivity (Wildman–Crippen MR) is 103 cm³/mol. The molecule has 5 aliphatic rings. The first kappa shape index (κ1) is 19.0. The summed E-state index contributed by atoms with van der Waals surface area (Å²) in [7, 11) is 0. The summed E-state index contributed by atoms with van der Waals surface area (Å²) in [5.74, 6) is 2.97. The average molecular weight is 375 g/mol. The molecular weight excluding hydrogens is 340 g/mol. The van der Waals surface area contributed by atoms with Crippen molar-refractivity contribution >= 4 is 11.9 Å². The van der Waals surface area contributed by atoms with Gasteiger partial charge in [0.1, 0.15) is 5.60 Å². The van der Waals surface area contributed by atoms with Gasteiger partial charge in [-0.3, -0.25) is 0 Å². The molecule has 2 unspecified atom stereocenters. The fourth-order valence-corrected chi connectivity index (χ4v) is 7.16. The molecule has 0 aliphatic heterocycles. The first-order valence-electron chi connectivity index (χ1n) is 10.9. The number of hydrogen-bond acceptors (Lipinski definition) is 4. The van der Waals surface area contributed by atoms with Crippen molar-refractivity contribution in [3.8, 4) is 0 Å². The second-order valence-electron chi connectivity index (χ2n) is 9.96. The number of carbonyl (C=O) groups is 2. The van der Waals surface area contributed by atoms with Gasteiger partial charge in [-0.15, -0.1) is 0 Å². The summed E-state index contributed by atoms with van der Waals surface area (Å²) in [6.07, 6.45) is 11.1. The van der Waals surface area contributed by atoms with Gasteiger partial charge in [0.05, 0.1) is 0 Å². The summed E-state index contributed by atoms with van der Waals surface area (Å²) in [4.78, 5) is 24.4. The zero-order valence-corrected chi connectivity index (χ0v) is 16.9. The van der Waals surface area contributed by atoms with E-state index in [1.54, 1.807) is 6.92 Å². The van der Waals surface area contributed by atoms with E-state index in [9.17, 15) is 9.59 Å². The van der Waals surface area contributed by atoms with Gasteiger partial charge in [-0.25, -0.2) is 9.59 Å². The number of ether oxygens (including phenoxy) is 2. The van der Waals surface area contributed by atoms with Crippen molar-refractivity contribution in [1.82, 2.24) is 0 Å². The first-order chi connectivity index (χ1) is 12.9. The van der Waals surface area contributed by atoms with Crippen LogP contribution in [0.15, 0.2) is 12.2 Å². The van der Waals surface area contributed by atoms with Gasteiger partial charge < -0.3 is 9.47 Å². The standard InChI is InChI=1S/C23H34O4/c1-14(2)22(25)26-13-21(24)27-23(18-6-4-5-15(3)7-18)19-9-16-8-17(11-19)12-20(23)10-16/h15-20H,1,4-13H2,2-3H3. The van der Waals surface area contributed by atoms with Gasteiger partial charge in [0.2, 0.25) is 0 Å². The lowest BCUT2D eigenvalue weighted by Crippen LogP contribution is -2.64. The zero-order chi connectivity index (χ0) is 19.2. The molecule has 4 nitrogen and oxygen atoms in total. The molecule has 0 N–H and O–H groups in total. The van der Waals surface area contributed by atoms with Crippen LogP contribution in [0.5, 0.6) is 0 Å². The molecule has 5 fully saturated rings. The molecule has 0 aromatic rings. The lowest BCUT2D eigenvalue weighted by Gasteiger charge is -2.63. The Hall–Kier alpha value is -1.32. The topological polar surface area (TPSA) is 52.6 Å². The van der Waals surface area contributed by atoms with Gasteiger partial charge in [0.25, 0.3) is 0 Å². The van der Waals surface area contributed by atoms with Crippen LogP contribution in [0, 0.1) is 35.5 Å². The van der Waals surface area contributed by atoms with Crippen molar-refractivity contribution in [3.63, 3.8) is 0 Å². The highest BCUT2D eigenvalue weighted by molar-refractivity contribution is 5.88. The molecule has 0 saturated heterocycles. The molecule has 5 saturated carbocycles. The van der Waals surface area contributed by atoms with Gasteiger partial charge in [-0.1, -0.05) is 26.3 Å². The SMILES string of the molecule is C=C(C)C(=O)OCC(=O)OC1(C2CCCC(C)C2)C2CC3CC(C2)CC1C3. The Labute approximate surface area is 163 Å².